The molecule has 1 N–H and O–H groups in total. The molecule has 0 amide bonds. The fourth-order valence-corrected chi connectivity index (χ4v) is 4.35. The van der Waals surface area contributed by atoms with Crippen molar-refractivity contribution in [3.63, 3.8) is 0 Å². The molecule has 0 spiro atoms. The van der Waals surface area contributed by atoms with Crippen molar-refractivity contribution in [3.05, 3.63) is 0 Å². The molecule has 3 rings (SSSR count). The Morgan fingerprint density at radius 2 is 2.10 bits per heavy atom. The normalized spacial score (nSPS) is 46.8. The lowest BCUT2D eigenvalue weighted by Gasteiger charge is -2.50. The molecule has 3 aliphatic rings. The van der Waals surface area contributed by atoms with Gasteiger partial charge in [0.1, 0.15) is 17.5 Å². The van der Waals surface area contributed by atoms with E-state index in [2.05, 4.69) is 0 Å². The summed E-state index contributed by atoms with van der Waals surface area (Å²) in [6.07, 6.45) is 1.82. The summed E-state index contributed by atoms with van der Waals surface area (Å²) < 4.78 is 17.5. The zero-order valence-electron chi connectivity index (χ0n) is 13.3. The predicted octanol–water partition coefficient (Wildman–Crippen LogP) is 1.66. The smallest absolute Gasteiger partial charge is 0.163 e. The highest BCUT2D eigenvalue weighted by atomic mass is 16.8. The fourth-order valence-electron chi connectivity index (χ4n) is 4.35. The first-order valence-corrected chi connectivity index (χ1v) is 7.92. The molecule has 5 nitrogen and oxygen atoms in total. The minimum Gasteiger partial charge on any atom is -0.384 e. The van der Waals surface area contributed by atoms with Crippen LogP contribution in [0.15, 0.2) is 0 Å². The Balaban J connectivity index is 1.98. The number of methoxy groups -OCH3 is 1. The van der Waals surface area contributed by atoms with E-state index < -0.39 is 23.6 Å². The highest BCUT2D eigenvalue weighted by molar-refractivity contribution is 5.82. The molecule has 1 saturated heterocycles. The first-order chi connectivity index (χ1) is 9.78. The van der Waals surface area contributed by atoms with Crippen molar-refractivity contribution in [2.45, 2.75) is 76.2 Å². The number of fused-ring (bicyclic) bond motifs is 3. The first kappa shape index (κ1) is 15.4. The molecule has 2 aliphatic carbocycles. The summed E-state index contributed by atoms with van der Waals surface area (Å²) >= 11 is 0. The Kier molecular flexibility index (Phi) is 3.68. The van der Waals surface area contributed by atoms with Crippen molar-refractivity contribution in [2.24, 2.45) is 11.8 Å². The average Bonchev–Trinajstić information content (AvgIpc) is 2.76. The molecule has 21 heavy (non-hydrogen) atoms. The van der Waals surface area contributed by atoms with Gasteiger partial charge in [-0.2, -0.15) is 0 Å². The van der Waals surface area contributed by atoms with E-state index in [1.54, 1.807) is 7.11 Å². The second kappa shape index (κ2) is 5.01. The maximum atomic E-state index is 12.3. The van der Waals surface area contributed by atoms with Crippen LogP contribution in [0.3, 0.4) is 0 Å². The minimum absolute atomic E-state index is 0.139. The topological polar surface area (TPSA) is 65.0 Å². The largest absolute Gasteiger partial charge is 0.384 e. The molecule has 3 fully saturated rings. The van der Waals surface area contributed by atoms with Gasteiger partial charge >= 0.3 is 0 Å². The van der Waals surface area contributed by atoms with Gasteiger partial charge in [-0.1, -0.05) is 0 Å². The summed E-state index contributed by atoms with van der Waals surface area (Å²) in [7, 11) is 1.58. The van der Waals surface area contributed by atoms with E-state index in [-0.39, 0.29) is 23.7 Å². The van der Waals surface area contributed by atoms with Crippen LogP contribution in [0.5, 0.6) is 0 Å². The van der Waals surface area contributed by atoms with Gasteiger partial charge in [0.15, 0.2) is 5.79 Å². The maximum absolute atomic E-state index is 12.3. The lowest BCUT2D eigenvalue weighted by Crippen LogP contribution is -2.64. The molecule has 0 radical (unpaired) electrons. The number of hydrogen-bond acceptors (Lipinski definition) is 5. The van der Waals surface area contributed by atoms with Crippen LogP contribution in [0.4, 0.5) is 0 Å². The van der Waals surface area contributed by atoms with Crippen LogP contribution in [0.1, 0.15) is 46.5 Å². The third kappa shape index (κ3) is 2.34. The molecule has 1 aliphatic heterocycles. The number of ketones is 1. The number of ether oxygens (including phenoxy) is 3. The van der Waals surface area contributed by atoms with Gasteiger partial charge < -0.3 is 19.3 Å². The Morgan fingerprint density at radius 1 is 1.38 bits per heavy atom. The molecular weight excluding hydrogens is 272 g/mol. The van der Waals surface area contributed by atoms with Gasteiger partial charge in [-0.15, -0.1) is 0 Å². The second-order valence-corrected chi connectivity index (χ2v) is 7.22. The zero-order valence-corrected chi connectivity index (χ0v) is 13.3. The van der Waals surface area contributed by atoms with Crippen molar-refractivity contribution in [1.29, 1.82) is 0 Å². The van der Waals surface area contributed by atoms with E-state index in [0.29, 0.717) is 12.8 Å². The summed E-state index contributed by atoms with van der Waals surface area (Å²) in [4.78, 5) is 12.3. The number of hydrogen-bond donors (Lipinski definition) is 1. The molecule has 1 heterocycles. The highest BCUT2D eigenvalue weighted by Crippen LogP contribution is 2.51. The van der Waals surface area contributed by atoms with Crippen molar-refractivity contribution in [2.75, 3.05) is 7.11 Å². The second-order valence-electron chi connectivity index (χ2n) is 7.22. The molecule has 120 valence electrons. The number of carbonyl (C=O) groups is 1. The summed E-state index contributed by atoms with van der Waals surface area (Å²) in [5, 5.41) is 11.2. The third-order valence-corrected chi connectivity index (χ3v) is 5.54. The first-order valence-electron chi connectivity index (χ1n) is 7.92. The average molecular weight is 298 g/mol. The van der Waals surface area contributed by atoms with E-state index in [1.807, 2.05) is 20.8 Å². The van der Waals surface area contributed by atoms with Crippen molar-refractivity contribution >= 4 is 5.78 Å². The van der Waals surface area contributed by atoms with Gasteiger partial charge in [0.05, 0.1) is 12.2 Å². The molecule has 6 atom stereocenters. The lowest BCUT2D eigenvalue weighted by atomic mass is 9.61. The molecule has 0 bridgehead atoms. The molecule has 0 aromatic carbocycles. The monoisotopic (exact) mass is 298 g/mol. The van der Waals surface area contributed by atoms with Crippen LogP contribution < -0.4 is 0 Å². The van der Waals surface area contributed by atoms with Crippen LogP contribution in [0.25, 0.3) is 0 Å². The van der Waals surface area contributed by atoms with Crippen molar-refractivity contribution in [1.82, 2.24) is 0 Å². The van der Waals surface area contributed by atoms with Crippen LogP contribution in [0.2, 0.25) is 0 Å². The Labute approximate surface area is 125 Å². The summed E-state index contributed by atoms with van der Waals surface area (Å²) in [6, 6.07) is 0. The predicted molar refractivity (Wildman–Crippen MR) is 75.7 cm³/mol. The zero-order chi connectivity index (χ0) is 15.4. The molecule has 0 aromatic rings. The standard InChI is InChI=1S/C16H26O5/c1-9(19-4)16(18)8-11-10(6-5-7-12(11)17)13-14(16)21-15(2,3)20-13/h9-11,13-14,18H,5-8H2,1-4H3/t9-,10-,11+,13-,14-,16-/m1/s1. The van der Waals surface area contributed by atoms with Crippen molar-refractivity contribution < 1.29 is 24.1 Å². The van der Waals surface area contributed by atoms with Gasteiger partial charge in [0.2, 0.25) is 0 Å². The molecule has 5 heteroatoms. The van der Waals surface area contributed by atoms with Crippen LogP contribution in [-0.4, -0.2) is 47.7 Å². The molecule has 2 saturated carbocycles. The van der Waals surface area contributed by atoms with E-state index in [4.69, 9.17) is 14.2 Å². The van der Waals surface area contributed by atoms with Gasteiger partial charge in [-0.05, 0) is 46.0 Å². The number of Topliss-reactive ketones (excluding diaryl/α,β-unsaturated/α-hetero) is 1. The Bertz CT molecular complexity index is 434. The number of rotatable bonds is 2. The van der Waals surface area contributed by atoms with E-state index in [0.717, 1.165) is 12.8 Å². The summed E-state index contributed by atoms with van der Waals surface area (Å²) in [6.45, 7) is 5.56. The quantitative estimate of drug-likeness (QED) is 0.840. The van der Waals surface area contributed by atoms with Crippen LogP contribution >= 0.6 is 0 Å². The Hall–Kier alpha value is -0.490. The van der Waals surface area contributed by atoms with Gasteiger partial charge in [0.25, 0.3) is 0 Å². The summed E-state index contributed by atoms with van der Waals surface area (Å²) in [5.41, 5.74) is -1.18. The van der Waals surface area contributed by atoms with Gasteiger partial charge in [-0.25, -0.2) is 0 Å². The van der Waals surface area contributed by atoms with Crippen molar-refractivity contribution in [3.8, 4) is 0 Å². The fraction of sp³-hybridized carbons (Fsp3) is 0.938. The minimum atomic E-state index is -1.18. The van der Waals surface area contributed by atoms with E-state index in [1.165, 1.54) is 0 Å². The highest BCUT2D eigenvalue weighted by Gasteiger charge is 2.63. The lowest BCUT2D eigenvalue weighted by molar-refractivity contribution is -0.209. The van der Waals surface area contributed by atoms with Crippen LogP contribution in [0, 0.1) is 11.8 Å². The molecule has 0 aromatic heterocycles. The van der Waals surface area contributed by atoms with E-state index in [9.17, 15) is 9.90 Å². The number of carbonyl (C=O) groups excluding carboxylic acids is 1. The summed E-state index contributed by atoms with van der Waals surface area (Å²) in [5.74, 6) is -0.464. The molecular formula is C16H26O5. The van der Waals surface area contributed by atoms with Crippen LogP contribution in [-0.2, 0) is 19.0 Å². The van der Waals surface area contributed by atoms with Gasteiger partial charge in [-0.3, -0.25) is 4.79 Å². The molecule has 0 unspecified atom stereocenters. The SMILES string of the molecule is CO[C@H](C)[C@]1(O)C[C@@H]2C(=O)CCC[C@H]2[C@H]2OC(C)(C)O[C@H]21. The van der Waals surface area contributed by atoms with E-state index >= 15 is 0 Å². The third-order valence-electron chi connectivity index (χ3n) is 5.54. The Morgan fingerprint density at radius 3 is 2.76 bits per heavy atom. The number of aliphatic hydroxyl groups is 1. The maximum Gasteiger partial charge on any atom is 0.163 e. The van der Waals surface area contributed by atoms with Gasteiger partial charge in [0, 0.05) is 19.4 Å².